The third-order valence-electron chi connectivity index (χ3n) is 4.38. The van der Waals surface area contributed by atoms with Crippen LogP contribution in [0.3, 0.4) is 0 Å². The van der Waals surface area contributed by atoms with Crippen molar-refractivity contribution in [2.75, 3.05) is 29.0 Å². The summed E-state index contributed by atoms with van der Waals surface area (Å²) in [5, 5.41) is 5.73. The molecule has 27 heavy (non-hydrogen) atoms. The lowest BCUT2D eigenvalue weighted by Gasteiger charge is -2.28. The molecule has 3 N–H and O–H groups in total. The summed E-state index contributed by atoms with van der Waals surface area (Å²) < 4.78 is 0. The molecule has 0 aliphatic carbocycles. The molecule has 0 aliphatic heterocycles. The van der Waals surface area contributed by atoms with Crippen LogP contribution in [0.4, 0.5) is 23.0 Å². The van der Waals surface area contributed by atoms with Gasteiger partial charge < -0.3 is 16.0 Å². The Morgan fingerprint density at radius 1 is 0.926 bits per heavy atom. The van der Waals surface area contributed by atoms with Crippen molar-refractivity contribution in [3.8, 4) is 0 Å². The average Bonchev–Trinajstić information content (AvgIpc) is 2.62. The Bertz CT molecular complexity index is 889. The van der Waals surface area contributed by atoms with Crippen molar-refractivity contribution in [1.82, 2.24) is 9.97 Å². The third-order valence-corrected chi connectivity index (χ3v) is 4.38. The van der Waals surface area contributed by atoms with E-state index in [1.54, 1.807) is 6.33 Å². The van der Waals surface area contributed by atoms with Gasteiger partial charge in [-0.2, -0.15) is 0 Å². The minimum Gasteiger partial charge on any atom is -0.393 e. The molecule has 5 heteroatoms. The number of nitrogens with zero attached hydrogens (tertiary/aromatic N) is 3. The molecule has 1 heterocycles. The maximum absolute atomic E-state index is 6.50. The van der Waals surface area contributed by atoms with Crippen molar-refractivity contribution in [3.63, 3.8) is 0 Å². The summed E-state index contributed by atoms with van der Waals surface area (Å²) in [5.41, 5.74) is 8.08. The van der Waals surface area contributed by atoms with Gasteiger partial charge in [0.25, 0.3) is 0 Å². The van der Waals surface area contributed by atoms with Crippen LogP contribution >= 0.6 is 0 Å². The van der Waals surface area contributed by atoms with Gasteiger partial charge in [-0.05, 0) is 23.3 Å². The Kier molecular flexibility index (Phi) is 5.79. The standard InChI is InChI=1S/C22H29N5/c1-15(2)12-27(13-16(3)4)22-20(23)21(24-14-25-22)26-19-11-7-9-17-8-5-6-10-18(17)19/h5-11,14-16H,12-13,23H2,1-4H3,(H,24,25,26). The van der Waals surface area contributed by atoms with Gasteiger partial charge >= 0.3 is 0 Å². The zero-order chi connectivity index (χ0) is 19.4. The largest absolute Gasteiger partial charge is 0.393 e. The summed E-state index contributed by atoms with van der Waals surface area (Å²) >= 11 is 0. The first-order chi connectivity index (χ1) is 13.0. The fraction of sp³-hybridized carbons (Fsp3) is 0.364. The number of aromatic nitrogens is 2. The van der Waals surface area contributed by atoms with Crippen LogP contribution in [0.15, 0.2) is 48.8 Å². The number of anilines is 4. The van der Waals surface area contributed by atoms with Crippen molar-refractivity contribution in [2.45, 2.75) is 27.7 Å². The van der Waals surface area contributed by atoms with E-state index in [1.807, 2.05) is 24.3 Å². The van der Waals surface area contributed by atoms with E-state index in [-0.39, 0.29) is 0 Å². The highest BCUT2D eigenvalue weighted by Gasteiger charge is 2.18. The molecule has 0 atom stereocenters. The molecule has 5 nitrogen and oxygen atoms in total. The fourth-order valence-corrected chi connectivity index (χ4v) is 3.33. The van der Waals surface area contributed by atoms with Gasteiger partial charge in [-0.15, -0.1) is 0 Å². The Morgan fingerprint density at radius 3 is 2.30 bits per heavy atom. The molecule has 0 aliphatic rings. The Hall–Kier alpha value is -2.82. The highest BCUT2D eigenvalue weighted by Crippen LogP contribution is 2.32. The highest BCUT2D eigenvalue weighted by atomic mass is 15.2. The zero-order valence-electron chi connectivity index (χ0n) is 16.6. The first-order valence-corrected chi connectivity index (χ1v) is 9.56. The van der Waals surface area contributed by atoms with Crippen LogP contribution in [-0.2, 0) is 0 Å². The molecule has 0 spiro atoms. The van der Waals surface area contributed by atoms with E-state index in [2.05, 4.69) is 66.1 Å². The molecule has 3 rings (SSSR count). The summed E-state index contributed by atoms with van der Waals surface area (Å²) in [7, 11) is 0. The van der Waals surface area contributed by atoms with Crippen molar-refractivity contribution < 1.29 is 0 Å². The summed E-state index contributed by atoms with van der Waals surface area (Å²) in [5.74, 6) is 2.49. The van der Waals surface area contributed by atoms with E-state index < -0.39 is 0 Å². The zero-order valence-corrected chi connectivity index (χ0v) is 16.6. The topological polar surface area (TPSA) is 67.1 Å². The monoisotopic (exact) mass is 363 g/mol. The predicted octanol–water partition coefficient (Wildman–Crippen LogP) is 5.07. The number of nitrogens with one attached hydrogen (secondary N) is 1. The minimum absolute atomic E-state index is 0.521. The lowest BCUT2D eigenvalue weighted by molar-refractivity contribution is 0.549. The average molecular weight is 364 g/mol. The molecule has 1 aromatic heterocycles. The Balaban J connectivity index is 1.96. The molecule has 0 unspecified atom stereocenters. The van der Waals surface area contributed by atoms with Crippen molar-refractivity contribution >= 4 is 33.8 Å². The Labute approximate surface area is 161 Å². The first kappa shape index (κ1) is 19.0. The number of hydrogen-bond acceptors (Lipinski definition) is 5. The van der Waals surface area contributed by atoms with Crippen LogP contribution in [0, 0.1) is 11.8 Å². The number of benzene rings is 2. The van der Waals surface area contributed by atoms with Crippen LogP contribution in [0.1, 0.15) is 27.7 Å². The predicted molar refractivity (Wildman–Crippen MR) is 116 cm³/mol. The molecule has 0 saturated heterocycles. The summed E-state index contributed by atoms with van der Waals surface area (Å²) in [6.45, 7) is 10.7. The molecule has 0 amide bonds. The van der Waals surface area contributed by atoms with Crippen LogP contribution in [-0.4, -0.2) is 23.1 Å². The van der Waals surface area contributed by atoms with E-state index in [1.165, 1.54) is 5.39 Å². The van der Waals surface area contributed by atoms with Gasteiger partial charge in [-0.3, -0.25) is 0 Å². The van der Waals surface area contributed by atoms with Gasteiger partial charge in [-0.1, -0.05) is 64.1 Å². The van der Waals surface area contributed by atoms with E-state index in [0.717, 1.165) is 30.0 Å². The molecule has 2 aromatic carbocycles. The maximum atomic E-state index is 6.50. The van der Waals surface area contributed by atoms with Crippen LogP contribution < -0.4 is 16.0 Å². The van der Waals surface area contributed by atoms with Crippen molar-refractivity contribution in [3.05, 3.63) is 48.8 Å². The van der Waals surface area contributed by atoms with Gasteiger partial charge in [0.15, 0.2) is 11.6 Å². The smallest absolute Gasteiger partial charge is 0.159 e. The molecule has 0 fully saturated rings. The summed E-state index contributed by atoms with van der Waals surface area (Å²) in [4.78, 5) is 11.2. The molecule has 0 bridgehead atoms. The van der Waals surface area contributed by atoms with Gasteiger partial charge in [-0.25, -0.2) is 9.97 Å². The normalized spacial score (nSPS) is 11.3. The van der Waals surface area contributed by atoms with Crippen molar-refractivity contribution in [2.24, 2.45) is 11.8 Å². The van der Waals surface area contributed by atoms with Crippen LogP contribution in [0.5, 0.6) is 0 Å². The highest BCUT2D eigenvalue weighted by molar-refractivity contribution is 5.96. The first-order valence-electron chi connectivity index (χ1n) is 9.56. The number of hydrogen-bond donors (Lipinski definition) is 2. The van der Waals surface area contributed by atoms with Crippen LogP contribution in [0.25, 0.3) is 10.8 Å². The van der Waals surface area contributed by atoms with Gasteiger partial charge in [0.1, 0.15) is 12.0 Å². The molecular weight excluding hydrogens is 334 g/mol. The maximum Gasteiger partial charge on any atom is 0.159 e. The van der Waals surface area contributed by atoms with Crippen molar-refractivity contribution in [1.29, 1.82) is 0 Å². The number of rotatable bonds is 7. The second-order valence-electron chi connectivity index (χ2n) is 7.80. The van der Waals surface area contributed by atoms with Crippen LogP contribution in [0.2, 0.25) is 0 Å². The number of nitrogens with two attached hydrogens (primary N) is 1. The second kappa shape index (κ2) is 8.25. The number of fused-ring (bicyclic) bond motifs is 1. The minimum atomic E-state index is 0.521. The quantitative estimate of drug-likeness (QED) is 0.613. The van der Waals surface area contributed by atoms with Gasteiger partial charge in [0.2, 0.25) is 0 Å². The van der Waals surface area contributed by atoms with Gasteiger partial charge in [0, 0.05) is 24.2 Å². The van der Waals surface area contributed by atoms with E-state index in [4.69, 9.17) is 5.73 Å². The molecule has 0 saturated carbocycles. The fourth-order valence-electron chi connectivity index (χ4n) is 3.33. The third kappa shape index (κ3) is 4.48. The Morgan fingerprint density at radius 2 is 1.59 bits per heavy atom. The second-order valence-corrected chi connectivity index (χ2v) is 7.80. The summed E-state index contributed by atoms with van der Waals surface area (Å²) in [6, 6.07) is 14.5. The van der Waals surface area contributed by atoms with E-state index in [0.29, 0.717) is 23.3 Å². The SMILES string of the molecule is CC(C)CN(CC(C)C)c1ncnc(Nc2cccc3ccccc23)c1N. The van der Waals surface area contributed by atoms with Gasteiger partial charge in [0.05, 0.1) is 0 Å². The lowest BCUT2D eigenvalue weighted by atomic mass is 10.1. The van der Waals surface area contributed by atoms with E-state index in [9.17, 15) is 0 Å². The molecule has 0 radical (unpaired) electrons. The number of nitrogen functional groups attached to an aromatic ring is 1. The molecular formula is C22H29N5. The lowest BCUT2D eigenvalue weighted by Crippen LogP contribution is -2.32. The molecule has 3 aromatic rings. The summed E-state index contributed by atoms with van der Waals surface area (Å²) in [6.07, 6.45) is 1.59. The van der Waals surface area contributed by atoms with E-state index >= 15 is 0 Å². The molecule has 142 valence electrons.